The molecule has 1 aliphatic rings. The van der Waals surface area contributed by atoms with Crippen molar-refractivity contribution in [2.45, 2.75) is 0 Å². The number of fused-ring (bicyclic) bond motifs is 1. The van der Waals surface area contributed by atoms with Gasteiger partial charge in [-0.05, 0) is 36.4 Å². The van der Waals surface area contributed by atoms with Crippen LogP contribution in [0, 0.1) is 5.82 Å². The lowest BCUT2D eigenvalue weighted by atomic mass is 10.2. The number of anilines is 2. The third kappa shape index (κ3) is 2.90. The second-order valence-corrected chi connectivity index (χ2v) is 4.79. The Hall–Kier alpha value is -2.89. The Labute approximate surface area is 126 Å². The van der Waals surface area contributed by atoms with Gasteiger partial charge < -0.3 is 10.1 Å². The summed E-state index contributed by atoms with van der Waals surface area (Å²) in [5.41, 5.74) is 1.23. The highest BCUT2D eigenvalue weighted by molar-refractivity contribution is 6.10. The number of halogens is 1. The second-order valence-electron chi connectivity index (χ2n) is 4.79. The quantitative estimate of drug-likeness (QED) is 0.945. The molecule has 0 aromatic heterocycles. The number of hydrogen-bond acceptors (Lipinski definition) is 3. The van der Waals surface area contributed by atoms with E-state index in [9.17, 15) is 14.0 Å². The molecule has 0 spiro atoms. The smallest absolute Gasteiger partial charge is 0.265 e. The van der Waals surface area contributed by atoms with E-state index in [1.54, 1.807) is 24.3 Å². The van der Waals surface area contributed by atoms with Crippen LogP contribution in [0.3, 0.4) is 0 Å². The van der Waals surface area contributed by atoms with Crippen LogP contribution in [0.1, 0.15) is 0 Å². The van der Waals surface area contributed by atoms with Gasteiger partial charge in [0.05, 0.1) is 11.4 Å². The monoisotopic (exact) mass is 300 g/mol. The van der Waals surface area contributed by atoms with E-state index in [0.29, 0.717) is 17.1 Å². The molecule has 0 saturated heterocycles. The molecule has 1 N–H and O–H groups in total. The van der Waals surface area contributed by atoms with Gasteiger partial charge in [-0.15, -0.1) is 0 Å². The second kappa shape index (κ2) is 5.85. The molecule has 22 heavy (non-hydrogen) atoms. The van der Waals surface area contributed by atoms with Gasteiger partial charge in [-0.1, -0.05) is 12.1 Å². The highest BCUT2D eigenvalue weighted by atomic mass is 19.1. The third-order valence-electron chi connectivity index (χ3n) is 3.25. The number of para-hydroxylation sites is 2. The van der Waals surface area contributed by atoms with Gasteiger partial charge in [-0.2, -0.15) is 0 Å². The Balaban J connectivity index is 1.72. The molecule has 1 aliphatic heterocycles. The Morgan fingerprint density at radius 1 is 1.18 bits per heavy atom. The van der Waals surface area contributed by atoms with E-state index >= 15 is 0 Å². The van der Waals surface area contributed by atoms with Crippen LogP contribution in [0.5, 0.6) is 5.75 Å². The average Bonchev–Trinajstić information content (AvgIpc) is 2.53. The summed E-state index contributed by atoms with van der Waals surface area (Å²) in [6.45, 7) is -0.282. The molecule has 0 radical (unpaired) electrons. The fourth-order valence-electron chi connectivity index (χ4n) is 2.21. The number of benzene rings is 2. The lowest BCUT2D eigenvalue weighted by molar-refractivity contribution is -0.123. The van der Waals surface area contributed by atoms with Crippen molar-refractivity contribution in [1.29, 1.82) is 0 Å². The standard InChI is InChI=1S/C16H13FN2O3/c17-11-5-7-12(8-6-11)22-10-16(21)19-9-15(20)18-13-3-1-2-4-14(13)19/h1-8H,9-10H2,(H,18,20). The highest BCUT2D eigenvalue weighted by Gasteiger charge is 2.26. The van der Waals surface area contributed by atoms with Gasteiger partial charge >= 0.3 is 0 Å². The van der Waals surface area contributed by atoms with Crippen molar-refractivity contribution in [3.63, 3.8) is 0 Å². The first kappa shape index (κ1) is 14.1. The summed E-state index contributed by atoms with van der Waals surface area (Å²) in [6, 6.07) is 12.4. The zero-order valence-electron chi connectivity index (χ0n) is 11.6. The SMILES string of the molecule is O=C1CN(C(=O)COc2ccc(F)cc2)c2ccccc2N1. The fourth-order valence-corrected chi connectivity index (χ4v) is 2.21. The molecule has 6 heteroatoms. The predicted octanol–water partition coefficient (Wildman–Crippen LogP) is 2.19. The largest absolute Gasteiger partial charge is 0.484 e. The molecule has 112 valence electrons. The van der Waals surface area contributed by atoms with Gasteiger partial charge in [-0.25, -0.2) is 4.39 Å². The molecular formula is C16H13FN2O3. The molecule has 3 rings (SSSR count). The van der Waals surface area contributed by atoms with E-state index in [1.807, 2.05) is 0 Å². The van der Waals surface area contributed by atoms with Crippen LogP contribution < -0.4 is 15.0 Å². The molecule has 0 saturated carbocycles. The average molecular weight is 300 g/mol. The Morgan fingerprint density at radius 3 is 2.68 bits per heavy atom. The fraction of sp³-hybridized carbons (Fsp3) is 0.125. The Bertz CT molecular complexity index is 716. The van der Waals surface area contributed by atoms with Crippen molar-refractivity contribution in [1.82, 2.24) is 0 Å². The molecule has 0 unspecified atom stereocenters. The van der Waals surface area contributed by atoms with E-state index in [0.717, 1.165) is 0 Å². The molecule has 5 nitrogen and oxygen atoms in total. The zero-order chi connectivity index (χ0) is 15.5. The molecule has 0 aliphatic carbocycles. The van der Waals surface area contributed by atoms with Crippen LogP contribution in [0.15, 0.2) is 48.5 Å². The van der Waals surface area contributed by atoms with Crippen LogP contribution in [-0.2, 0) is 9.59 Å². The van der Waals surface area contributed by atoms with Crippen LogP contribution >= 0.6 is 0 Å². The summed E-state index contributed by atoms with van der Waals surface area (Å²) in [7, 11) is 0. The maximum atomic E-state index is 12.8. The van der Waals surface area contributed by atoms with Crippen LogP contribution in [0.2, 0.25) is 0 Å². The molecule has 2 aromatic rings. The van der Waals surface area contributed by atoms with Crippen molar-refractivity contribution in [3.05, 3.63) is 54.3 Å². The number of carbonyl (C=O) groups is 2. The first-order chi connectivity index (χ1) is 10.6. The van der Waals surface area contributed by atoms with Crippen molar-refractivity contribution in [3.8, 4) is 5.75 Å². The zero-order valence-corrected chi connectivity index (χ0v) is 11.6. The summed E-state index contributed by atoms with van der Waals surface area (Å²) in [5, 5.41) is 2.71. The molecule has 2 amide bonds. The van der Waals surface area contributed by atoms with Gasteiger partial charge in [0, 0.05) is 0 Å². The van der Waals surface area contributed by atoms with Gasteiger partial charge in [-0.3, -0.25) is 14.5 Å². The van der Waals surface area contributed by atoms with Gasteiger partial charge in [0.15, 0.2) is 6.61 Å². The Morgan fingerprint density at radius 2 is 1.91 bits per heavy atom. The summed E-state index contributed by atoms with van der Waals surface area (Å²) in [4.78, 5) is 25.3. The first-order valence-electron chi connectivity index (χ1n) is 6.71. The number of carbonyl (C=O) groups excluding carboxylic acids is 2. The van der Waals surface area contributed by atoms with Crippen molar-refractivity contribution < 1.29 is 18.7 Å². The van der Waals surface area contributed by atoms with Gasteiger partial charge in [0.1, 0.15) is 18.1 Å². The minimum absolute atomic E-state index is 0.0530. The summed E-state index contributed by atoms with van der Waals surface area (Å²) in [6.07, 6.45) is 0. The lowest BCUT2D eigenvalue weighted by Crippen LogP contribution is -2.44. The third-order valence-corrected chi connectivity index (χ3v) is 3.25. The molecule has 2 aromatic carbocycles. The molecular weight excluding hydrogens is 287 g/mol. The van der Waals surface area contributed by atoms with Crippen molar-refractivity contribution in [2.24, 2.45) is 0 Å². The van der Waals surface area contributed by atoms with Gasteiger partial charge in [0.25, 0.3) is 5.91 Å². The normalized spacial score (nSPS) is 13.3. The van der Waals surface area contributed by atoms with Crippen molar-refractivity contribution in [2.75, 3.05) is 23.4 Å². The highest BCUT2D eigenvalue weighted by Crippen LogP contribution is 2.28. The van der Waals surface area contributed by atoms with Crippen LogP contribution in [0.25, 0.3) is 0 Å². The Kier molecular flexibility index (Phi) is 3.74. The maximum Gasteiger partial charge on any atom is 0.265 e. The van der Waals surface area contributed by atoms with E-state index in [-0.39, 0.29) is 30.8 Å². The summed E-state index contributed by atoms with van der Waals surface area (Å²) >= 11 is 0. The number of hydrogen-bond donors (Lipinski definition) is 1. The minimum Gasteiger partial charge on any atom is -0.484 e. The predicted molar refractivity (Wildman–Crippen MR) is 79.3 cm³/mol. The molecule has 0 fully saturated rings. The van der Waals surface area contributed by atoms with E-state index in [2.05, 4.69) is 5.32 Å². The van der Waals surface area contributed by atoms with E-state index < -0.39 is 0 Å². The number of nitrogens with zero attached hydrogens (tertiary/aromatic N) is 1. The van der Waals surface area contributed by atoms with Gasteiger partial charge in [0.2, 0.25) is 5.91 Å². The number of nitrogens with one attached hydrogen (secondary N) is 1. The van der Waals surface area contributed by atoms with Crippen LogP contribution in [0.4, 0.5) is 15.8 Å². The number of amides is 2. The van der Waals surface area contributed by atoms with E-state index in [4.69, 9.17) is 4.74 Å². The topological polar surface area (TPSA) is 58.6 Å². The molecule has 0 atom stereocenters. The van der Waals surface area contributed by atoms with E-state index in [1.165, 1.54) is 29.2 Å². The minimum atomic E-state index is -0.375. The maximum absolute atomic E-state index is 12.8. The number of rotatable bonds is 3. The number of ether oxygens (including phenoxy) is 1. The summed E-state index contributed by atoms with van der Waals surface area (Å²) < 4.78 is 18.1. The first-order valence-corrected chi connectivity index (χ1v) is 6.71. The van der Waals surface area contributed by atoms with Crippen molar-refractivity contribution >= 4 is 23.2 Å². The lowest BCUT2D eigenvalue weighted by Gasteiger charge is -2.29. The molecule has 1 heterocycles. The van der Waals surface area contributed by atoms with Crippen LogP contribution in [-0.4, -0.2) is 25.0 Å². The summed E-state index contributed by atoms with van der Waals surface area (Å²) in [5.74, 6) is -0.578. The molecule has 0 bridgehead atoms.